The van der Waals surface area contributed by atoms with Crippen molar-refractivity contribution in [3.05, 3.63) is 12.2 Å². The van der Waals surface area contributed by atoms with E-state index in [-0.39, 0.29) is 24.0 Å². The van der Waals surface area contributed by atoms with Gasteiger partial charge in [0.25, 0.3) is 6.21 Å². The standard InChI is InChI=1S/C4H4N2.HI/c1-2-4-6-5-3-1;/h1-4H;1H/q+1;/p-1. The van der Waals surface area contributed by atoms with Gasteiger partial charge in [0, 0.05) is 6.08 Å². The van der Waals surface area contributed by atoms with Gasteiger partial charge in [-0.1, -0.05) is 0 Å². The predicted octanol–water partition coefficient (Wildman–Crippen LogP) is -3.05. The predicted molar refractivity (Wildman–Crippen MR) is 25.8 cm³/mol. The second-order valence-corrected chi connectivity index (χ2v) is 0.914. The molecule has 0 saturated carbocycles. The minimum absolute atomic E-state index is 0. The molecule has 1 aliphatic rings. The minimum Gasteiger partial charge on any atom is -1.00 e. The molecule has 37 valence electrons. The zero-order chi connectivity index (χ0) is 4.24. The van der Waals surface area contributed by atoms with Crippen LogP contribution in [-0.4, -0.2) is 12.4 Å². The summed E-state index contributed by atoms with van der Waals surface area (Å²) in [5.41, 5.74) is 0. The third-order valence-electron chi connectivity index (χ3n) is 0.483. The van der Waals surface area contributed by atoms with Gasteiger partial charge in [-0.3, -0.25) is 0 Å². The first-order valence-electron chi connectivity index (χ1n) is 1.72. The number of rotatable bonds is 0. The molecule has 1 heterocycles. The number of allylic oxidation sites excluding steroid dienone is 2. The van der Waals surface area contributed by atoms with E-state index in [0.29, 0.717) is 0 Å². The SMILES string of the molecule is C1=CC=[N+]N=C1.[I-]. The molecule has 0 amide bonds. The minimum atomic E-state index is 0. The van der Waals surface area contributed by atoms with Gasteiger partial charge in [-0.05, 0) is 6.08 Å². The highest BCUT2D eigenvalue weighted by atomic mass is 127. The maximum Gasteiger partial charge on any atom is 0.277 e. The maximum absolute atomic E-state index is 3.53. The topological polar surface area (TPSA) is 26.5 Å². The van der Waals surface area contributed by atoms with E-state index in [0.717, 1.165) is 0 Å². The lowest BCUT2D eigenvalue weighted by Gasteiger charge is -1.61. The zero-order valence-corrected chi connectivity index (χ0v) is 5.74. The molecule has 0 aliphatic carbocycles. The molecule has 1 rings (SSSR count). The Bertz CT molecular complexity index is 79.1. The van der Waals surface area contributed by atoms with Gasteiger partial charge in [-0.15, -0.1) is 0 Å². The van der Waals surface area contributed by atoms with Gasteiger partial charge in [0.2, 0.25) is 0 Å². The summed E-state index contributed by atoms with van der Waals surface area (Å²) in [6, 6.07) is 0. The molecular weight excluding hydrogens is 203 g/mol. The number of hydrogen-bond donors (Lipinski definition) is 0. The summed E-state index contributed by atoms with van der Waals surface area (Å²) >= 11 is 0. The molecule has 0 saturated heterocycles. The molecule has 3 heteroatoms. The Morgan fingerprint density at radius 3 is 2.29 bits per heavy atom. The highest BCUT2D eigenvalue weighted by molar-refractivity contribution is 5.83. The van der Waals surface area contributed by atoms with E-state index in [1.165, 1.54) is 0 Å². The van der Waals surface area contributed by atoms with Crippen molar-refractivity contribution in [2.45, 2.75) is 0 Å². The first-order chi connectivity index (χ1) is 3.00. The van der Waals surface area contributed by atoms with E-state index in [9.17, 15) is 0 Å². The molecule has 1 aliphatic heterocycles. The Kier molecular flexibility index (Phi) is 3.87. The fourth-order valence-electron chi connectivity index (χ4n) is 0.253. The van der Waals surface area contributed by atoms with E-state index < -0.39 is 0 Å². The van der Waals surface area contributed by atoms with Crippen LogP contribution < -0.4 is 29.1 Å². The summed E-state index contributed by atoms with van der Waals surface area (Å²) in [5, 5.41) is 7.07. The van der Waals surface area contributed by atoms with E-state index in [1.54, 1.807) is 12.4 Å². The van der Waals surface area contributed by atoms with E-state index in [4.69, 9.17) is 0 Å². The van der Waals surface area contributed by atoms with Crippen LogP contribution in [0.3, 0.4) is 0 Å². The number of hydrogen-bond acceptors (Lipinski definition) is 2. The van der Waals surface area contributed by atoms with Crippen molar-refractivity contribution in [2.75, 3.05) is 0 Å². The molecule has 0 aromatic carbocycles. The second-order valence-electron chi connectivity index (χ2n) is 0.914. The van der Waals surface area contributed by atoms with Crippen LogP contribution in [0.1, 0.15) is 0 Å². The summed E-state index contributed by atoms with van der Waals surface area (Å²) in [6.07, 6.45) is 6.93. The number of nitrogens with zero attached hydrogens (tertiary/aromatic N) is 2. The Labute approximate surface area is 59.0 Å². The normalized spacial score (nSPS) is 13.7. The Balaban J connectivity index is 0.000000360. The van der Waals surface area contributed by atoms with E-state index >= 15 is 0 Å². The van der Waals surface area contributed by atoms with Crippen LogP contribution in [0.4, 0.5) is 0 Å². The molecule has 2 nitrogen and oxygen atoms in total. The molecule has 0 spiro atoms. The van der Waals surface area contributed by atoms with Gasteiger partial charge in [-0.25, -0.2) is 0 Å². The molecule has 7 heavy (non-hydrogen) atoms. The average molecular weight is 207 g/mol. The van der Waals surface area contributed by atoms with Crippen LogP contribution in [0.25, 0.3) is 0 Å². The van der Waals surface area contributed by atoms with Crippen molar-refractivity contribution in [1.82, 2.24) is 5.10 Å². The Hall–Kier alpha value is -0.190. The van der Waals surface area contributed by atoms with Gasteiger partial charge in [-0.2, -0.15) is 0 Å². The molecule has 0 bridgehead atoms. The Morgan fingerprint density at radius 2 is 2.14 bits per heavy atom. The summed E-state index contributed by atoms with van der Waals surface area (Å²) < 4.78 is 0. The molecule has 0 fully saturated rings. The van der Waals surface area contributed by atoms with Gasteiger partial charge >= 0.3 is 0 Å². The molecule has 0 unspecified atom stereocenters. The molecule has 0 N–H and O–H groups in total. The highest BCUT2D eigenvalue weighted by Gasteiger charge is 1.82. The van der Waals surface area contributed by atoms with Crippen LogP contribution in [0.5, 0.6) is 0 Å². The van der Waals surface area contributed by atoms with Gasteiger partial charge in [0.15, 0.2) is 5.10 Å². The fraction of sp³-hybridized carbons (Fsp3) is 0. The van der Waals surface area contributed by atoms with Crippen LogP contribution >= 0.6 is 0 Å². The highest BCUT2D eigenvalue weighted by Crippen LogP contribution is 1.65. The van der Waals surface area contributed by atoms with Crippen LogP contribution in [0.2, 0.25) is 0 Å². The summed E-state index contributed by atoms with van der Waals surface area (Å²) in [7, 11) is 0. The van der Waals surface area contributed by atoms with Crippen molar-refractivity contribution in [3.8, 4) is 0 Å². The van der Waals surface area contributed by atoms with Crippen LogP contribution in [-0.2, 0) is 0 Å². The average Bonchev–Trinajstić information content (AvgIpc) is 1.72. The first-order valence-corrected chi connectivity index (χ1v) is 1.72. The maximum atomic E-state index is 3.53. The molecule has 0 aromatic rings. The first kappa shape index (κ1) is 6.81. The molecule has 0 aromatic heterocycles. The largest absolute Gasteiger partial charge is 1.00 e. The van der Waals surface area contributed by atoms with Crippen molar-refractivity contribution < 1.29 is 24.0 Å². The van der Waals surface area contributed by atoms with Crippen molar-refractivity contribution >= 4 is 12.4 Å². The number of halogens is 1. The third kappa shape index (κ3) is 2.50. The lowest BCUT2D eigenvalue weighted by Crippen LogP contribution is -3.00. The molecular formula is C4H4IN2. The van der Waals surface area contributed by atoms with Crippen LogP contribution in [0.15, 0.2) is 17.3 Å². The third-order valence-corrected chi connectivity index (χ3v) is 0.483. The lowest BCUT2D eigenvalue weighted by atomic mass is 10.5. The van der Waals surface area contributed by atoms with Gasteiger partial charge in [0.1, 0.15) is 6.21 Å². The molecule has 1 radical (unpaired) electrons. The molecule has 0 atom stereocenters. The lowest BCUT2D eigenvalue weighted by molar-refractivity contribution is -0.00000122. The quantitative estimate of drug-likeness (QED) is 0.377. The van der Waals surface area contributed by atoms with Crippen molar-refractivity contribution in [2.24, 2.45) is 5.10 Å². The van der Waals surface area contributed by atoms with Crippen molar-refractivity contribution in [1.29, 1.82) is 0 Å². The monoisotopic (exact) mass is 207 g/mol. The zero-order valence-electron chi connectivity index (χ0n) is 3.58. The van der Waals surface area contributed by atoms with Crippen LogP contribution in [0, 0.1) is 0 Å². The van der Waals surface area contributed by atoms with Gasteiger partial charge < -0.3 is 24.0 Å². The summed E-state index contributed by atoms with van der Waals surface area (Å²) in [6.45, 7) is 0. The summed E-state index contributed by atoms with van der Waals surface area (Å²) in [4.78, 5) is 0. The summed E-state index contributed by atoms with van der Waals surface area (Å²) in [5.74, 6) is 0. The van der Waals surface area contributed by atoms with Gasteiger partial charge in [0.05, 0.1) is 5.10 Å². The Morgan fingerprint density at radius 1 is 1.29 bits per heavy atom. The second kappa shape index (κ2) is 3.98. The van der Waals surface area contributed by atoms with E-state index in [2.05, 4.69) is 10.2 Å². The smallest absolute Gasteiger partial charge is 0.277 e. The van der Waals surface area contributed by atoms with Crippen molar-refractivity contribution in [3.63, 3.8) is 0 Å². The fourth-order valence-corrected chi connectivity index (χ4v) is 0.253. The van der Waals surface area contributed by atoms with E-state index in [1.807, 2.05) is 12.2 Å².